The maximum absolute atomic E-state index is 4.20. The van der Waals surface area contributed by atoms with E-state index >= 15 is 0 Å². The van der Waals surface area contributed by atoms with E-state index < -0.39 is 0 Å². The number of likely N-dealkylation sites (tertiary alicyclic amines) is 1. The fourth-order valence-electron chi connectivity index (χ4n) is 2.61. The third kappa shape index (κ3) is 3.79. The summed E-state index contributed by atoms with van der Waals surface area (Å²) in [5.41, 5.74) is 2.66. The highest BCUT2D eigenvalue weighted by molar-refractivity contribution is 5.21. The molecule has 1 aliphatic rings. The highest BCUT2D eigenvalue weighted by Crippen LogP contribution is 2.12. The summed E-state index contributed by atoms with van der Waals surface area (Å²) in [4.78, 5) is 6.76. The molecule has 0 spiro atoms. The zero-order valence-electron chi connectivity index (χ0n) is 11.7. The van der Waals surface area contributed by atoms with Crippen molar-refractivity contribution in [1.29, 1.82) is 0 Å². The SMILES string of the molecule is CCN1CCCC(NCc2cnccc2C)CC1. The largest absolute Gasteiger partial charge is 0.310 e. The van der Waals surface area contributed by atoms with Crippen LogP contribution in [-0.2, 0) is 6.54 Å². The molecule has 0 saturated carbocycles. The highest BCUT2D eigenvalue weighted by Gasteiger charge is 2.15. The number of pyridine rings is 1. The maximum Gasteiger partial charge on any atom is 0.0315 e. The Balaban J connectivity index is 1.82. The minimum Gasteiger partial charge on any atom is -0.310 e. The van der Waals surface area contributed by atoms with Crippen LogP contribution in [-0.4, -0.2) is 35.6 Å². The van der Waals surface area contributed by atoms with Crippen molar-refractivity contribution in [3.63, 3.8) is 0 Å². The number of hydrogen-bond acceptors (Lipinski definition) is 3. The molecule has 18 heavy (non-hydrogen) atoms. The Labute approximate surface area is 111 Å². The number of aromatic nitrogens is 1. The lowest BCUT2D eigenvalue weighted by atomic mass is 10.1. The first-order chi connectivity index (χ1) is 8.79. The van der Waals surface area contributed by atoms with Gasteiger partial charge in [0.25, 0.3) is 0 Å². The van der Waals surface area contributed by atoms with Gasteiger partial charge in [-0.3, -0.25) is 4.98 Å². The van der Waals surface area contributed by atoms with E-state index in [2.05, 4.69) is 35.1 Å². The van der Waals surface area contributed by atoms with Crippen molar-refractivity contribution in [1.82, 2.24) is 15.2 Å². The predicted octanol–water partition coefficient (Wildman–Crippen LogP) is 2.35. The van der Waals surface area contributed by atoms with Gasteiger partial charge in [0, 0.05) is 25.0 Å². The van der Waals surface area contributed by atoms with Gasteiger partial charge in [0.2, 0.25) is 0 Å². The molecule has 3 heteroatoms. The molecular formula is C15H25N3. The van der Waals surface area contributed by atoms with Crippen LogP contribution >= 0.6 is 0 Å². The second-order valence-electron chi connectivity index (χ2n) is 5.25. The van der Waals surface area contributed by atoms with Crippen molar-refractivity contribution in [2.75, 3.05) is 19.6 Å². The smallest absolute Gasteiger partial charge is 0.0315 e. The number of nitrogens with zero attached hydrogens (tertiary/aromatic N) is 2. The number of aryl methyl sites for hydroxylation is 1. The molecule has 1 aromatic heterocycles. The molecular weight excluding hydrogens is 222 g/mol. The molecule has 1 aliphatic heterocycles. The number of nitrogens with one attached hydrogen (secondary N) is 1. The van der Waals surface area contributed by atoms with Gasteiger partial charge in [0.15, 0.2) is 0 Å². The van der Waals surface area contributed by atoms with Crippen molar-refractivity contribution in [2.24, 2.45) is 0 Å². The van der Waals surface area contributed by atoms with Gasteiger partial charge in [-0.1, -0.05) is 6.92 Å². The van der Waals surface area contributed by atoms with E-state index in [0.29, 0.717) is 6.04 Å². The number of rotatable bonds is 4. The lowest BCUT2D eigenvalue weighted by molar-refractivity contribution is 0.297. The normalized spacial score (nSPS) is 21.8. The minimum atomic E-state index is 0.668. The summed E-state index contributed by atoms with van der Waals surface area (Å²) in [6.07, 6.45) is 7.74. The van der Waals surface area contributed by atoms with Gasteiger partial charge in [-0.25, -0.2) is 0 Å². The standard InChI is InChI=1S/C15H25N3/c1-3-18-9-4-5-15(7-10-18)17-12-14-11-16-8-6-13(14)2/h6,8,11,15,17H,3-5,7,9-10,12H2,1-2H3. The van der Waals surface area contributed by atoms with Gasteiger partial charge in [-0.2, -0.15) is 0 Å². The summed E-state index contributed by atoms with van der Waals surface area (Å²) in [7, 11) is 0. The second-order valence-corrected chi connectivity index (χ2v) is 5.25. The Bertz CT molecular complexity index is 365. The summed E-state index contributed by atoms with van der Waals surface area (Å²) < 4.78 is 0. The zero-order chi connectivity index (χ0) is 12.8. The van der Waals surface area contributed by atoms with Crippen LogP contribution in [0.3, 0.4) is 0 Å². The van der Waals surface area contributed by atoms with Crippen LogP contribution in [0.15, 0.2) is 18.5 Å². The van der Waals surface area contributed by atoms with Crippen molar-refractivity contribution >= 4 is 0 Å². The molecule has 0 aliphatic carbocycles. The first-order valence-electron chi connectivity index (χ1n) is 7.15. The molecule has 1 fully saturated rings. The van der Waals surface area contributed by atoms with Crippen LogP contribution in [0.4, 0.5) is 0 Å². The fourth-order valence-corrected chi connectivity index (χ4v) is 2.61. The van der Waals surface area contributed by atoms with E-state index in [1.54, 1.807) is 0 Å². The Morgan fingerprint density at radius 1 is 1.39 bits per heavy atom. The molecule has 1 unspecified atom stereocenters. The second kappa shape index (κ2) is 6.86. The lowest BCUT2D eigenvalue weighted by Gasteiger charge is -2.18. The zero-order valence-corrected chi connectivity index (χ0v) is 11.7. The molecule has 1 atom stereocenters. The van der Waals surface area contributed by atoms with Crippen molar-refractivity contribution in [3.05, 3.63) is 29.6 Å². The Morgan fingerprint density at radius 2 is 2.28 bits per heavy atom. The van der Waals surface area contributed by atoms with E-state index in [4.69, 9.17) is 0 Å². The van der Waals surface area contributed by atoms with E-state index in [0.717, 1.165) is 6.54 Å². The van der Waals surface area contributed by atoms with E-state index in [-0.39, 0.29) is 0 Å². The van der Waals surface area contributed by atoms with Gasteiger partial charge in [-0.05, 0) is 63.0 Å². The van der Waals surface area contributed by atoms with Crippen LogP contribution in [0.1, 0.15) is 37.3 Å². The van der Waals surface area contributed by atoms with Crippen LogP contribution in [0, 0.1) is 6.92 Å². The third-order valence-corrected chi connectivity index (χ3v) is 4.00. The van der Waals surface area contributed by atoms with Gasteiger partial charge < -0.3 is 10.2 Å². The summed E-state index contributed by atoms with van der Waals surface area (Å²) in [6, 6.07) is 2.75. The molecule has 100 valence electrons. The molecule has 1 aromatic rings. The van der Waals surface area contributed by atoms with Crippen LogP contribution in [0.25, 0.3) is 0 Å². The lowest BCUT2D eigenvalue weighted by Crippen LogP contribution is -2.30. The Morgan fingerprint density at radius 3 is 3.06 bits per heavy atom. The molecule has 2 heterocycles. The van der Waals surface area contributed by atoms with E-state index in [1.165, 1.54) is 50.0 Å². The predicted molar refractivity (Wildman–Crippen MR) is 75.6 cm³/mol. The van der Waals surface area contributed by atoms with Crippen molar-refractivity contribution in [2.45, 2.75) is 45.7 Å². The Hall–Kier alpha value is -0.930. The first kappa shape index (κ1) is 13.5. The van der Waals surface area contributed by atoms with Crippen LogP contribution in [0.5, 0.6) is 0 Å². The monoisotopic (exact) mass is 247 g/mol. The van der Waals surface area contributed by atoms with Crippen LogP contribution < -0.4 is 5.32 Å². The molecule has 1 N–H and O–H groups in total. The van der Waals surface area contributed by atoms with Crippen molar-refractivity contribution < 1.29 is 0 Å². The molecule has 1 saturated heterocycles. The van der Waals surface area contributed by atoms with E-state index in [1.807, 2.05) is 12.4 Å². The minimum absolute atomic E-state index is 0.668. The molecule has 0 amide bonds. The topological polar surface area (TPSA) is 28.2 Å². The Kier molecular flexibility index (Phi) is 5.14. The van der Waals surface area contributed by atoms with Gasteiger partial charge >= 0.3 is 0 Å². The molecule has 2 rings (SSSR count). The average Bonchev–Trinajstić information content (AvgIpc) is 2.63. The van der Waals surface area contributed by atoms with E-state index in [9.17, 15) is 0 Å². The van der Waals surface area contributed by atoms with Crippen LogP contribution in [0.2, 0.25) is 0 Å². The van der Waals surface area contributed by atoms with Gasteiger partial charge in [-0.15, -0.1) is 0 Å². The quantitative estimate of drug-likeness (QED) is 0.885. The van der Waals surface area contributed by atoms with Crippen molar-refractivity contribution in [3.8, 4) is 0 Å². The third-order valence-electron chi connectivity index (χ3n) is 4.00. The summed E-state index contributed by atoms with van der Waals surface area (Å²) in [6.45, 7) is 9.06. The van der Waals surface area contributed by atoms with Gasteiger partial charge in [0.05, 0.1) is 0 Å². The fraction of sp³-hybridized carbons (Fsp3) is 0.667. The molecule has 0 aromatic carbocycles. The molecule has 0 bridgehead atoms. The highest BCUT2D eigenvalue weighted by atomic mass is 15.1. The summed E-state index contributed by atoms with van der Waals surface area (Å²) in [5.74, 6) is 0. The first-order valence-corrected chi connectivity index (χ1v) is 7.15. The maximum atomic E-state index is 4.20. The number of hydrogen-bond donors (Lipinski definition) is 1. The molecule has 0 radical (unpaired) electrons. The summed E-state index contributed by atoms with van der Waals surface area (Å²) in [5, 5.41) is 3.70. The molecule has 3 nitrogen and oxygen atoms in total. The summed E-state index contributed by atoms with van der Waals surface area (Å²) >= 11 is 0. The van der Waals surface area contributed by atoms with Gasteiger partial charge in [0.1, 0.15) is 0 Å². The average molecular weight is 247 g/mol.